The Kier molecular flexibility index (Phi) is 4.94. The number of aryl methyl sites for hydroxylation is 1. The molecule has 4 nitrogen and oxygen atoms in total. The number of pyridine rings is 1. The highest BCUT2D eigenvalue weighted by molar-refractivity contribution is 5.51. The molecule has 0 unspecified atom stereocenters. The first-order valence-electron chi connectivity index (χ1n) is 8.57. The van der Waals surface area contributed by atoms with Crippen molar-refractivity contribution in [3.63, 3.8) is 0 Å². The van der Waals surface area contributed by atoms with Crippen LogP contribution < -0.4 is 4.74 Å². The van der Waals surface area contributed by atoms with E-state index >= 15 is 0 Å². The summed E-state index contributed by atoms with van der Waals surface area (Å²) in [4.78, 5) is 7.02. The van der Waals surface area contributed by atoms with Crippen molar-refractivity contribution < 1.29 is 4.74 Å². The number of fused-ring (bicyclic) bond motifs is 1. The molecule has 118 valence electrons. The van der Waals surface area contributed by atoms with Gasteiger partial charge in [0.2, 0.25) is 5.88 Å². The highest BCUT2D eigenvalue weighted by Gasteiger charge is 2.21. The maximum absolute atomic E-state index is 9.53. The van der Waals surface area contributed by atoms with Gasteiger partial charge in [-0.25, -0.2) is 4.98 Å². The Labute approximate surface area is 133 Å². The van der Waals surface area contributed by atoms with Gasteiger partial charge in [0.1, 0.15) is 18.2 Å². The van der Waals surface area contributed by atoms with Gasteiger partial charge in [0.25, 0.3) is 0 Å². The highest BCUT2D eigenvalue weighted by atomic mass is 16.5. The number of nitriles is 1. The zero-order chi connectivity index (χ0) is 15.4. The fourth-order valence-corrected chi connectivity index (χ4v) is 3.66. The van der Waals surface area contributed by atoms with Crippen LogP contribution in [0.5, 0.6) is 5.88 Å². The molecule has 0 atom stereocenters. The summed E-state index contributed by atoms with van der Waals surface area (Å²) in [5.74, 6) is 0.553. The number of hydrogen-bond donors (Lipinski definition) is 0. The van der Waals surface area contributed by atoms with Gasteiger partial charge in [0.05, 0.1) is 0 Å². The van der Waals surface area contributed by atoms with E-state index in [1.165, 1.54) is 56.3 Å². The van der Waals surface area contributed by atoms with Crippen molar-refractivity contribution in [2.24, 2.45) is 0 Å². The third kappa shape index (κ3) is 3.25. The van der Waals surface area contributed by atoms with E-state index in [0.717, 1.165) is 25.1 Å². The topological polar surface area (TPSA) is 49.1 Å². The molecule has 0 spiro atoms. The molecule has 22 heavy (non-hydrogen) atoms. The maximum Gasteiger partial charge on any atom is 0.232 e. The van der Waals surface area contributed by atoms with E-state index < -0.39 is 0 Å². The fourth-order valence-electron chi connectivity index (χ4n) is 3.66. The second kappa shape index (κ2) is 7.11. The van der Waals surface area contributed by atoms with E-state index in [9.17, 15) is 5.26 Å². The monoisotopic (exact) mass is 299 g/mol. The number of piperidine rings is 1. The van der Waals surface area contributed by atoms with Crippen molar-refractivity contribution in [1.82, 2.24) is 9.88 Å². The van der Waals surface area contributed by atoms with Gasteiger partial charge in [-0.15, -0.1) is 0 Å². The molecular weight excluding hydrogens is 274 g/mol. The SMILES string of the molecule is Cc1nc(OCCN2CCCCC2)c(C#N)c2c1CCCC2. The van der Waals surface area contributed by atoms with Gasteiger partial charge in [-0.3, -0.25) is 4.90 Å². The number of rotatable bonds is 4. The van der Waals surface area contributed by atoms with Gasteiger partial charge < -0.3 is 4.74 Å². The number of ether oxygens (including phenoxy) is 1. The van der Waals surface area contributed by atoms with Crippen molar-refractivity contribution in [2.45, 2.75) is 51.9 Å². The predicted molar refractivity (Wildman–Crippen MR) is 86.1 cm³/mol. The van der Waals surface area contributed by atoms with Crippen LogP contribution >= 0.6 is 0 Å². The van der Waals surface area contributed by atoms with E-state index in [2.05, 4.69) is 16.0 Å². The van der Waals surface area contributed by atoms with Crippen LogP contribution in [0.1, 0.15) is 54.5 Å². The zero-order valence-corrected chi connectivity index (χ0v) is 13.5. The standard InChI is InChI=1S/C18H25N3O/c1-14-15-7-3-4-8-16(15)17(13-19)18(20-14)22-12-11-21-9-5-2-6-10-21/h2-12H2,1H3. The summed E-state index contributed by atoms with van der Waals surface area (Å²) in [6.45, 7) is 5.95. The Morgan fingerprint density at radius 2 is 1.82 bits per heavy atom. The average molecular weight is 299 g/mol. The molecule has 1 aliphatic heterocycles. The lowest BCUT2D eigenvalue weighted by Gasteiger charge is -2.26. The van der Waals surface area contributed by atoms with E-state index in [-0.39, 0.29) is 0 Å². The molecule has 0 saturated carbocycles. The number of hydrogen-bond acceptors (Lipinski definition) is 4. The number of aromatic nitrogens is 1. The first-order valence-corrected chi connectivity index (χ1v) is 8.57. The second-order valence-electron chi connectivity index (χ2n) is 6.40. The first kappa shape index (κ1) is 15.3. The largest absolute Gasteiger partial charge is 0.475 e. The summed E-state index contributed by atoms with van der Waals surface area (Å²) in [6, 6.07) is 2.34. The van der Waals surface area contributed by atoms with Gasteiger partial charge in [-0.1, -0.05) is 6.42 Å². The molecule has 1 fully saturated rings. The van der Waals surface area contributed by atoms with E-state index in [0.29, 0.717) is 18.1 Å². The molecule has 0 N–H and O–H groups in total. The molecule has 3 rings (SSSR count). The fraction of sp³-hybridized carbons (Fsp3) is 0.667. The molecular formula is C18H25N3O. The van der Waals surface area contributed by atoms with Gasteiger partial charge in [0.15, 0.2) is 0 Å². The molecule has 1 aromatic rings. The van der Waals surface area contributed by atoms with Gasteiger partial charge in [-0.05, 0) is 69.7 Å². The van der Waals surface area contributed by atoms with E-state index in [1.54, 1.807) is 0 Å². The summed E-state index contributed by atoms with van der Waals surface area (Å²) in [6.07, 6.45) is 8.34. The maximum atomic E-state index is 9.53. The molecule has 0 aromatic carbocycles. The normalized spacial score (nSPS) is 18.5. The highest BCUT2D eigenvalue weighted by Crippen LogP contribution is 2.31. The summed E-state index contributed by atoms with van der Waals surface area (Å²) in [7, 11) is 0. The van der Waals surface area contributed by atoms with Gasteiger partial charge >= 0.3 is 0 Å². The van der Waals surface area contributed by atoms with Crippen molar-refractivity contribution in [3.8, 4) is 11.9 Å². The first-order chi connectivity index (χ1) is 10.8. The molecule has 1 aromatic heterocycles. The minimum absolute atomic E-state index is 0.553. The third-order valence-electron chi connectivity index (χ3n) is 4.90. The Morgan fingerprint density at radius 1 is 1.09 bits per heavy atom. The van der Waals surface area contributed by atoms with Crippen molar-refractivity contribution in [3.05, 3.63) is 22.4 Å². The quantitative estimate of drug-likeness (QED) is 0.857. The Balaban J connectivity index is 1.70. The Hall–Kier alpha value is -1.60. The lowest BCUT2D eigenvalue weighted by Crippen LogP contribution is -2.33. The predicted octanol–water partition coefficient (Wildman–Crippen LogP) is 3.01. The Morgan fingerprint density at radius 3 is 2.55 bits per heavy atom. The van der Waals surface area contributed by atoms with E-state index in [4.69, 9.17) is 4.74 Å². The number of nitrogens with zero attached hydrogens (tertiary/aromatic N) is 3. The summed E-state index contributed by atoms with van der Waals surface area (Å²) < 4.78 is 5.90. The van der Waals surface area contributed by atoms with Crippen LogP contribution in [0.3, 0.4) is 0 Å². The average Bonchev–Trinajstić information content (AvgIpc) is 2.56. The van der Waals surface area contributed by atoms with Crippen LogP contribution in [0.15, 0.2) is 0 Å². The van der Waals surface area contributed by atoms with Crippen molar-refractivity contribution in [1.29, 1.82) is 5.26 Å². The molecule has 0 radical (unpaired) electrons. The molecule has 4 heteroatoms. The summed E-state index contributed by atoms with van der Waals surface area (Å²) >= 11 is 0. The Bertz CT molecular complexity index is 571. The van der Waals surface area contributed by atoms with Gasteiger partial charge in [0, 0.05) is 12.2 Å². The molecule has 2 heterocycles. The van der Waals surface area contributed by atoms with Crippen LogP contribution in [-0.2, 0) is 12.8 Å². The van der Waals surface area contributed by atoms with Crippen LogP contribution in [0.2, 0.25) is 0 Å². The molecule has 0 bridgehead atoms. The third-order valence-corrected chi connectivity index (χ3v) is 4.90. The lowest BCUT2D eigenvalue weighted by atomic mass is 9.88. The number of likely N-dealkylation sites (tertiary alicyclic amines) is 1. The second-order valence-corrected chi connectivity index (χ2v) is 6.40. The van der Waals surface area contributed by atoms with Gasteiger partial charge in [-0.2, -0.15) is 5.26 Å². The summed E-state index contributed by atoms with van der Waals surface area (Å²) in [5, 5.41) is 9.53. The minimum Gasteiger partial charge on any atom is -0.475 e. The molecule has 0 amide bonds. The van der Waals surface area contributed by atoms with Crippen LogP contribution in [0.25, 0.3) is 0 Å². The van der Waals surface area contributed by atoms with Crippen LogP contribution in [0, 0.1) is 18.3 Å². The molecule has 1 aliphatic carbocycles. The lowest BCUT2D eigenvalue weighted by molar-refractivity contribution is 0.180. The van der Waals surface area contributed by atoms with E-state index in [1.807, 2.05) is 6.92 Å². The van der Waals surface area contributed by atoms with Crippen molar-refractivity contribution >= 4 is 0 Å². The smallest absolute Gasteiger partial charge is 0.232 e. The van der Waals surface area contributed by atoms with Crippen LogP contribution in [0.4, 0.5) is 0 Å². The summed E-state index contributed by atoms with van der Waals surface area (Å²) in [5.41, 5.74) is 4.20. The zero-order valence-electron chi connectivity index (χ0n) is 13.5. The minimum atomic E-state index is 0.553. The van der Waals surface area contributed by atoms with Crippen molar-refractivity contribution in [2.75, 3.05) is 26.2 Å². The molecule has 1 saturated heterocycles. The van der Waals surface area contributed by atoms with Crippen LogP contribution in [-0.4, -0.2) is 36.1 Å². The molecule has 2 aliphatic rings.